The topological polar surface area (TPSA) is 98.7 Å². The Hall–Kier alpha value is -4.06. The van der Waals surface area contributed by atoms with Crippen molar-refractivity contribution in [1.29, 1.82) is 0 Å². The number of hydrogen-bond acceptors (Lipinski definition) is 6. The molecule has 0 unspecified atom stereocenters. The normalized spacial score (nSPS) is 11.4. The maximum atomic E-state index is 13.6. The smallest absolute Gasteiger partial charge is 0.282 e. The Balaban J connectivity index is 1.30. The summed E-state index contributed by atoms with van der Waals surface area (Å²) >= 11 is 10.5. The Morgan fingerprint density at radius 3 is 2.53 bits per heavy atom. The van der Waals surface area contributed by atoms with Crippen LogP contribution >= 0.6 is 47.8 Å². The summed E-state index contributed by atoms with van der Waals surface area (Å²) in [6.07, 6.45) is 1.55. The summed E-state index contributed by atoms with van der Waals surface area (Å²) in [5.74, 6) is 0.844. The fourth-order valence-corrected chi connectivity index (χ4v) is 6.30. The molecule has 0 spiro atoms. The van der Waals surface area contributed by atoms with Crippen LogP contribution in [0.3, 0.4) is 0 Å². The molecule has 1 N–H and O–H groups in total. The summed E-state index contributed by atoms with van der Waals surface area (Å²) in [5.41, 5.74) is 3.21. The summed E-state index contributed by atoms with van der Waals surface area (Å²) in [4.78, 5) is 30.8. The highest BCUT2D eigenvalue weighted by Crippen LogP contribution is 2.35. The van der Waals surface area contributed by atoms with E-state index in [0.717, 1.165) is 21.1 Å². The van der Waals surface area contributed by atoms with Gasteiger partial charge in [0.05, 0.1) is 26.1 Å². The number of nitrogens with zero attached hydrogens (tertiary/aromatic N) is 3. The fourth-order valence-electron chi connectivity index (χ4n) is 4.47. The van der Waals surface area contributed by atoms with Crippen LogP contribution in [0.25, 0.3) is 33.5 Å². The van der Waals surface area contributed by atoms with Crippen LogP contribution in [0.5, 0.6) is 5.75 Å². The van der Waals surface area contributed by atoms with Gasteiger partial charge in [-0.15, -0.1) is 0 Å². The molecule has 43 heavy (non-hydrogen) atoms. The van der Waals surface area contributed by atoms with Gasteiger partial charge < -0.3 is 14.5 Å². The molecule has 8 nitrogen and oxygen atoms in total. The molecular formula is C32H21Br3N4O4. The molecule has 2 heterocycles. The van der Waals surface area contributed by atoms with Gasteiger partial charge in [-0.05, 0) is 105 Å². The van der Waals surface area contributed by atoms with E-state index in [1.54, 1.807) is 36.5 Å². The van der Waals surface area contributed by atoms with Gasteiger partial charge in [0.1, 0.15) is 11.3 Å². The van der Waals surface area contributed by atoms with Crippen molar-refractivity contribution in [3.63, 3.8) is 0 Å². The Kier molecular flexibility index (Phi) is 8.29. The van der Waals surface area contributed by atoms with Gasteiger partial charge in [-0.3, -0.25) is 9.59 Å². The van der Waals surface area contributed by atoms with Crippen molar-refractivity contribution in [1.82, 2.24) is 9.66 Å². The summed E-state index contributed by atoms with van der Waals surface area (Å²) in [7, 11) is 0. The summed E-state index contributed by atoms with van der Waals surface area (Å²) in [6, 6.07) is 25.7. The van der Waals surface area contributed by atoms with Crippen molar-refractivity contribution < 1.29 is 13.9 Å². The Morgan fingerprint density at radius 1 is 1.00 bits per heavy atom. The molecule has 0 fully saturated rings. The number of amides is 1. The first-order valence-corrected chi connectivity index (χ1v) is 15.4. The molecule has 214 valence electrons. The molecule has 0 saturated heterocycles. The highest BCUT2D eigenvalue weighted by Gasteiger charge is 2.17. The number of anilines is 1. The van der Waals surface area contributed by atoms with Gasteiger partial charge in [0.15, 0.2) is 12.4 Å². The quantitative estimate of drug-likeness (QED) is 0.165. The molecule has 4 aromatic carbocycles. The largest absolute Gasteiger partial charge is 0.481 e. The van der Waals surface area contributed by atoms with E-state index in [2.05, 4.69) is 58.2 Å². The van der Waals surface area contributed by atoms with Crippen LogP contribution in [0.1, 0.15) is 11.1 Å². The Morgan fingerprint density at radius 2 is 1.74 bits per heavy atom. The molecule has 0 atom stereocenters. The monoisotopic (exact) mass is 762 g/mol. The van der Waals surface area contributed by atoms with Crippen LogP contribution in [-0.4, -0.2) is 28.4 Å². The lowest BCUT2D eigenvalue weighted by molar-refractivity contribution is -0.118. The number of nitrogens with one attached hydrogen (secondary N) is 1. The molecule has 6 rings (SSSR count). The minimum Gasteiger partial charge on any atom is -0.481 e. The number of aryl methyl sites for hydroxylation is 1. The SMILES string of the molecule is Cc1ccccc1NC(=O)COc1c(Br)cc(C=Nn2c(-c3cc4cc(Br)ccc4o3)nc3ccccc3c2=O)cc1Br. The number of furan rings is 1. The lowest BCUT2D eigenvalue weighted by Crippen LogP contribution is -2.21. The number of carbonyl (C=O) groups excluding carboxylic acids is 1. The second kappa shape index (κ2) is 12.3. The van der Waals surface area contributed by atoms with Crippen LogP contribution in [-0.2, 0) is 4.79 Å². The lowest BCUT2D eigenvalue weighted by Gasteiger charge is -2.12. The highest BCUT2D eigenvalue weighted by molar-refractivity contribution is 9.11. The molecule has 0 radical (unpaired) electrons. The third-order valence-corrected chi connectivity index (χ3v) is 8.23. The molecule has 11 heteroatoms. The predicted molar refractivity (Wildman–Crippen MR) is 179 cm³/mol. The van der Waals surface area contributed by atoms with Gasteiger partial charge in [0.2, 0.25) is 5.82 Å². The summed E-state index contributed by atoms with van der Waals surface area (Å²) in [5, 5.41) is 8.67. The molecule has 0 saturated carbocycles. The van der Waals surface area contributed by atoms with Crippen molar-refractivity contribution in [3.05, 3.63) is 120 Å². The van der Waals surface area contributed by atoms with Crippen molar-refractivity contribution in [2.45, 2.75) is 6.92 Å². The second-order valence-electron chi connectivity index (χ2n) is 9.57. The molecule has 6 aromatic rings. The first kappa shape index (κ1) is 29.0. The van der Waals surface area contributed by atoms with E-state index in [9.17, 15) is 9.59 Å². The van der Waals surface area contributed by atoms with E-state index in [1.807, 2.05) is 61.5 Å². The molecule has 2 aromatic heterocycles. The third-order valence-electron chi connectivity index (χ3n) is 6.56. The van der Waals surface area contributed by atoms with Crippen LogP contribution in [0, 0.1) is 6.92 Å². The molecular weight excluding hydrogens is 744 g/mol. The minimum absolute atomic E-state index is 0.186. The summed E-state index contributed by atoms with van der Waals surface area (Å²) in [6.45, 7) is 1.74. The number of carbonyl (C=O) groups is 1. The predicted octanol–water partition coefficient (Wildman–Crippen LogP) is 8.31. The van der Waals surface area contributed by atoms with Gasteiger partial charge in [0.25, 0.3) is 11.5 Å². The standard InChI is InChI=1S/C32H21Br3N4O4/c1-18-6-2-4-8-25(18)37-29(40)17-42-30-23(34)12-19(13-24(30)35)16-36-39-31(38-26-9-5-3-7-22(26)32(39)41)28-15-20-14-21(33)10-11-27(20)43-28/h2-16H,17H2,1H3,(H,37,40). The summed E-state index contributed by atoms with van der Waals surface area (Å²) < 4.78 is 15.2. The Labute approximate surface area is 270 Å². The minimum atomic E-state index is -0.337. The number of hydrogen-bond donors (Lipinski definition) is 1. The van der Waals surface area contributed by atoms with Crippen molar-refractivity contribution in [2.75, 3.05) is 11.9 Å². The average molecular weight is 765 g/mol. The third kappa shape index (κ3) is 6.20. The van der Waals surface area contributed by atoms with Crippen molar-refractivity contribution in [2.24, 2.45) is 5.10 Å². The van der Waals surface area contributed by atoms with E-state index < -0.39 is 0 Å². The Bertz CT molecular complexity index is 2100. The zero-order valence-electron chi connectivity index (χ0n) is 22.5. The molecule has 0 aliphatic rings. The molecule has 1 amide bonds. The maximum Gasteiger partial charge on any atom is 0.282 e. The first-order chi connectivity index (χ1) is 20.8. The van der Waals surface area contributed by atoms with Gasteiger partial charge in [-0.1, -0.05) is 46.3 Å². The number of para-hydroxylation sites is 2. The van der Waals surface area contributed by atoms with Gasteiger partial charge in [0, 0.05) is 15.5 Å². The van der Waals surface area contributed by atoms with Crippen molar-refractivity contribution >= 4 is 87.5 Å². The molecule has 0 aliphatic heterocycles. The second-order valence-corrected chi connectivity index (χ2v) is 12.2. The number of ether oxygens (including phenoxy) is 1. The van der Waals surface area contributed by atoms with E-state index in [4.69, 9.17) is 14.1 Å². The zero-order valence-corrected chi connectivity index (χ0v) is 27.2. The van der Waals surface area contributed by atoms with Gasteiger partial charge in [-0.25, -0.2) is 4.98 Å². The van der Waals surface area contributed by atoms with E-state index in [1.165, 1.54) is 4.68 Å². The number of aromatic nitrogens is 2. The number of halogens is 3. The molecule has 0 bridgehead atoms. The highest BCUT2D eigenvalue weighted by atomic mass is 79.9. The van der Waals surface area contributed by atoms with Crippen LogP contribution in [0.15, 0.2) is 113 Å². The number of benzene rings is 4. The van der Waals surface area contributed by atoms with Crippen molar-refractivity contribution in [3.8, 4) is 17.3 Å². The maximum absolute atomic E-state index is 13.6. The van der Waals surface area contributed by atoms with Crippen LogP contribution in [0.2, 0.25) is 0 Å². The van der Waals surface area contributed by atoms with E-state index in [0.29, 0.717) is 42.5 Å². The average Bonchev–Trinajstić information content (AvgIpc) is 3.40. The molecule has 0 aliphatic carbocycles. The van der Waals surface area contributed by atoms with Gasteiger partial charge in [-0.2, -0.15) is 9.78 Å². The zero-order chi connectivity index (χ0) is 30.1. The van der Waals surface area contributed by atoms with Crippen LogP contribution < -0.4 is 15.6 Å². The number of rotatable bonds is 7. The van der Waals surface area contributed by atoms with Gasteiger partial charge >= 0.3 is 0 Å². The van der Waals surface area contributed by atoms with E-state index in [-0.39, 0.29) is 23.9 Å². The fraction of sp³-hybridized carbons (Fsp3) is 0.0625. The van der Waals surface area contributed by atoms with Crippen LogP contribution in [0.4, 0.5) is 5.69 Å². The number of fused-ring (bicyclic) bond motifs is 2. The van der Waals surface area contributed by atoms with E-state index >= 15 is 0 Å². The lowest BCUT2D eigenvalue weighted by atomic mass is 10.2. The first-order valence-electron chi connectivity index (χ1n) is 13.0.